The Morgan fingerprint density at radius 3 is 2.67 bits per heavy atom. The van der Waals surface area contributed by atoms with Crippen molar-refractivity contribution in [2.75, 3.05) is 19.6 Å². The molecule has 0 spiro atoms. The number of amides is 2. The molecule has 0 saturated carbocycles. The predicted octanol–water partition coefficient (Wildman–Crippen LogP) is 2.11. The molecule has 7 nitrogen and oxygen atoms in total. The highest BCUT2D eigenvalue weighted by atomic mass is 16.6. The maximum atomic E-state index is 12.2. The third-order valence-electron chi connectivity index (χ3n) is 4.01. The van der Waals surface area contributed by atoms with Crippen molar-refractivity contribution in [2.45, 2.75) is 52.1 Å². The summed E-state index contributed by atoms with van der Waals surface area (Å²) in [6.07, 6.45) is 6.36. The van der Waals surface area contributed by atoms with Gasteiger partial charge in [0.15, 0.2) is 0 Å². The Kier molecular flexibility index (Phi) is 6.23. The molecular formula is C17H28N4O3. The van der Waals surface area contributed by atoms with Gasteiger partial charge in [-0.2, -0.15) is 0 Å². The summed E-state index contributed by atoms with van der Waals surface area (Å²) in [5.41, 5.74) is -0.524. The Labute approximate surface area is 143 Å². The standard InChI is InChI=1S/C17H28N4O3/c1-17(2,3)24-16(23)20-7-4-15(22)21-10-5-13(6-11-21)12-14-18-8-9-19-14/h8-9,13H,4-7,10-12H2,1-3H3,(H,18,19)(H,20,23). The number of hydrogen-bond acceptors (Lipinski definition) is 4. The lowest BCUT2D eigenvalue weighted by Gasteiger charge is -2.31. The third kappa shape index (κ3) is 6.22. The maximum absolute atomic E-state index is 12.2. The molecule has 0 unspecified atom stereocenters. The quantitative estimate of drug-likeness (QED) is 0.862. The number of imidazole rings is 1. The first-order chi connectivity index (χ1) is 11.3. The Bertz CT molecular complexity index is 529. The van der Waals surface area contributed by atoms with Crippen LogP contribution in [-0.2, 0) is 16.0 Å². The largest absolute Gasteiger partial charge is 0.444 e. The molecule has 2 rings (SSSR count). The third-order valence-corrected chi connectivity index (χ3v) is 4.01. The fraction of sp³-hybridized carbons (Fsp3) is 0.706. The van der Waals surface area contributed by atoms with Crippen molar-refractivity contribution in [1.82, 2.24) is 20.2 Å². The number of H-pyrrole nitrogens is 1. The van der Waals surface area contributed by atoms with Crippen LogP contribution in [0.3, 0.4) is 0 Å². The van der Waals surface area contributed by atoms with E-state index >= 15 is 0 Å². The van der Waals surface area contributed by atoms with E-state index in [0.717, 1.165) is 38.2 Å². The molecule has 2 N–H and O–H groups in total. The van der Waals surface area contributed by atoms with E-state index in [1.165, 1.54) is 0 Å². The molecule has 0 radical (unpaired) electrons. The number of likely N-dealkylation sites (tertiary alicyclic amines) is 1. The maximum Gasteiger partial charge on any atom is 0.407 e. The van der Waals surface area contributed by atoms with Crippen LogP contribution in [0, 0.1) is 5.92 Å². The number of piperidine rings is 1. The summed E-state index contributed by atoms with van der Waals surface area (Å²) in [6.45, 7) is 7.28. The number of carbonyl (C=O) groups excluding carboxylic acids is 2. The van der Waals surface area contributed by atoms with Crippen LogP contribution in [0.2, 0.25) is 0 Å². The highest BCUT2D eigenvalue weighted by Gasteiger charge is 2.23. The lowest BCUT2D eigenvalue weighted by molar-refractivity contribution is -0.132. The van der Waals surface area contributed by atoms with Crippen LogP contribution in [0.1, 0.15) is 45.9 Å². The molecule has 134 valence electrons. The zero-order chi connectivity index (χ0) is 17.6. The van der Waals surface area contributed by atoms with Gasteiger partial charge in [-0.05, 0) is 39.5 Å². The van der Waals surface area contributed by atoms with Crippen molar-refractivity contribution in [3.8, 4) is 0 Å². The zero-order valence-corrected chi connectivity index (χ0v) is 14.8. The average Bonchev–Trinajstić information content (AvgIpc) is 2.99. The topological polar surface area (TPSA) is 87.3 Å². The number of alkyl carbamates (subject to hydrolysis) is 1. The summed E-state index contributed by atoms with van der Waals surface area (Å²) < 4.78 is 5.15. The second kappa shape index (κ2) is 8.17. The summed E-state index contributed by atoms with van der Waals surface area (Å²) in [6, 6.07) is 0. The van der Waals surface area contributed by atoms with Gasteiger partial charge in [0.2, 0.25) is 5.91 Å². The Balaban J connectivity index is 1.63. The highest BCUT2D eigenvalue weighted by Crippen LogP contribution is 2.20. The lowest BCUT2D eigenvalue weighted by atomic mass is 9.93. The van der Waals surface area contributed by atoms with E-state index < -0.39 is 11.7 Å². The van der Waals surface area contributed by atoms with E-state index in [4.69, 9.17) is 4.74 Å². The van der Waals surface area contributed by atoms with Crippen LogP contribution < -0.4 is 5.32 Å². The fourth-order valence-corrected chi connectivity index (χ4v) is 2.81. The SMILES string of the molecule is CC(C)(C)OC(=O)NCCC(=O)N1CCC(Cc2ncc[nH]2)CC1. The molecule has 1 fully saturated rings. The van der Waals surface area contributed by atoms with Crippen LogP contribution in [0.25, 0.3) is 0 Å². The second-order valence-electron chi connectivity index (χ2n) is 7.24. The van der Waals surface area contributed by atoms with Gasteiger partial charge >= 0.3 is 6.09 Å². The van der Waals surface area contributed by atoms with Crippen molar-refractivity contribution >= 4 is 12.0 Å². The molecule has 0 bridgehead atoms. The molecule has 0 aromatic carbocycles. The van der Waals surface area contributed by atoms with Crippen molar-refractivity contribution in [1.29, 1.82) is 0 Å². The normalized spacial score (nSPS) is 16.0. The summed E-state index contributed by atoms with van der Waals surface area (Å²) in [7, 11) is 0. The van der Waals surface area contributed by atoms with E-state index in [0.29, 0.717) is 18.9 Å². The molecule has 1 aromatic rings. The molecule has 1 aromatic heterocycles. The molecule has 0 atom stereocenters. The van der Waals surface area contributed by atoms with Gasteiger partial charge in [-0.3, -0.25) is 4.79 Å². The smallest absolute Gasteiger partial charge is 0.407 e. The van der Waals surface area contributed by atoms with Crippen LogP contribution in [0.5, 0.6) is 0 Å². The van der Waals surface area contributed by atoms with Crippen molar-refractivity contribution in [3.63, 3.8) is 0 Å². The first-order valence-electron chi connectivity index (χ1n) is 8.56. The van der Waals surface area contributed by atoms with Gasteiger partial charge < -0.3 is 19.9 Å². The van der Waals surface area contributed by atoms with Crippen molar-refractivity contribution in [3.05, 3.63) is 18.2 Å². The van der Waals surface area contributed by atoms with Gasteiger partial charge in [0.05, 0.1) is 0 Å². The zero-order valence-electron chi connectivity index (χ0n) is 14.8. The minimum atomic E-state index is -0.524. The van der Waals surface area contributed by atoms with Gasteiger partial charge in [-0.1, -0.05) is 0 Å². The Morgan fingerprint density at radius 2 is 2.08 bits per heavy atom. The number of nitrogens with one attached hydrogen (secondary N) is 2. The van der Waals surface area contributed by atoms with Crippen LogP contribution >= 0.6 is 0 Å². The Hall–Kier alpha value is -2.05. The Morgan fingerprint density at radius 1 is 1.38 bits per heavy atom. The van der Waals surface area contributed by atoms with Gasteiger partial charge in [0.1, 0.15) is 11.4 Å². The van der Waals surface area contributed by atoms with E-state index in [2.05, 4.69) is 15.3 Å². The summed E-state index contributed by atoms with van der Waals surface area (Å²) >= 11 is 0. The molecule has 1 saturated heterocycles. The van der Waals surface area contributed by atoms with Gasteiger partial charge in [-0.25, -0.2) is 9.78 Å². The molecule has 2 amide bonds. The van der Waals surface area contributed by atoms with Crippen molar-refractivity contribution < 1.29 is 14.3 Å². The first kappa shape index (κ1) is 18.3. The molecule has 1 aliphatic heterocycles. The van der Waals surface area contributed by atoms with E-state index in [1.807, 2.05) is 31.9 Å². The summed E-state index contributed by atoms with van der Waals surface area (Å²) in [5, 5.41) is 2.63. The van der Waals surface area contributed by atoms with Gasteiger partial charge in [0, 0.05) is 44.9 Å². The number of nitrogens with zero attached hydrogens (tertiary/aromatic N) is 2. The fourth-order valence-electron chi connectivity index (χ4n) is 2.81. The lowest BCUT2D eigenvalue weighted by Crippen LogP contribution is -2.41. The molecule has 0 aliphatic carbocycles. The van der Waals surface area contributed by atoms with Crippen LogP contribution in [-0.4, -0.2) is 52.1 Å². The second-order valence-corrected chi connectivity index (χ2v) is 7.24. The van der Waals surface area contributed by atoms with Gasteiger partial charge in [0.25, 0.3) is 0 Å². The molecule has 2 heterocycles. The number of ether oxygens (including phenoxy) is 1. The summed E-state index contributed by atoms with van der Waals surface area (Å²) in [4.78, 5) is 33.0. The van der Waals surface area contributed by atoms with E-state index in [-0.39, 0.29) is 5.91 Å². The molecule has 1 aliphatic rings. The molecule has 24 heavy (non-hydrogen) atoms. The summed E-state index contributed by atoms with van der Waals surface area (Å²) in [5.74, 6) is 1.67. The molecular weight excluding hydrogens is 308 g/mol. The first-order valence-corrected chi connectivity index (χ1v) is 8.56. The molecule has 7 heteroatoms. The number of aromatic nitrogens is 2. The van der Waals surface area contributed by atoms with Gasteiger partial charge in [-0.15, -0.1) is 0 Å². The van der Waals surface area contributed by atoms with E-state index in [1.54, 1.807) is 6.20 Å². The number of rotatable bonds is 5. The van der Waals surface area contributed by atoms with Crippen LogP contribution in [0.15, 0.2) is 12.4 Å². The average molecular weight is 336 g/mol. The minimum absolute atomic E-state index is 0.0857. The van der Waals surface area contributed by atoms with E-state index in [9.17, 15) is 9.59 Å². The highest BCUT2D eigenvalue weighted by molar-refractivity contribution is 5.77. The minimum Gasteiger partial charge on any atom is -0.444 e. The number of carbonyl (C=O) groups is 2. The number of aromatic amines is 1. The van der Waals surface area contributed by atoms with Crippen molar-refractivity contribution in [2.24, 2.45) is 5.92 Å². The van der Waals surface area contributed by atoms with Crippen LogP contribution in [0.4, 0.5) is 4.79 Å². The monoisotopic (exact) mass is 336 g/mol. The predicted molar refractivity (Wildman–Crippen MR) is 90.4 cm³/mol. The number of hydrogen-bond donors (Lipinski definition) is 2.